The lowest BCUT2D eigenvalue weighted by molar-refractivity contribution is -0.130. The fourth-order valence-electron chi connectivity index (χ4n) is 0.933. The molecular weight excluding hydrogens is 204 g/mol. The SMILES string of the molecule is CN(Cc1cscn1)C(=O)CCS. The quantitative estimate of drug-likeness (QED) is 0.772. The minimum Gasteiger partial charge on any atom is -0.340 e. The van der Waals surface area contributed by atoms with E-state index >= 15 is 0 Å². The maximum absolute atomic E-state index is 11.3. The summed E-state index contributed by atoms with van der Waals surface area (Å²) in [5.41, 5.74) is 2.71. The molecule has 13 heavy (non-hydrogen) atoms. The summed E-state index contributed by atoms with van der Waals surface area (Å²) in [6.07, 6.45) is 0.490. The summed E-state index contributed by atoms with van der Waals surface area (Å²) in [6.45, 7) is 0.593. The van der Waals surface area contributed by atoms with Crippen LogP contribution in [-0.2, 0) is 11.3 Å². The molecule has 0 atom stereocenters. The molecule has 0 N–H and O–H groups in total. The average Bonchev–Trinajstić information content (AvgIpc) is 2.57. The normalized spacial score (nSPS) is 10.0. The molecule has 1 aromatic rings. The van der Waals surface area contributed by atoms with Gasteiger partial charge in [-0.25, -0.2) is 4.98 Å². The van der Waals surface area contributed by atoms with Crippen molar-refractivity contribution in [3.8, 4) is 0 Å². The van der Waals surface area contributed by atoms with Gasteiger partial charge in [0.15, 0.2) is 0 Å². The Morgan fingerprint density at radius 3 is 3.08 bits per heavy atom. The van der Waals surface area contributed by atoms with E-state index in [0.29, 0.717) is 18.7 Å². The first-order valence-electron chi connectivity index (χ1n) is 3.96. The minimum atomic E-state index is 0.114. The molecule has 0 spiro atoms. The van der Waals surface area contributed by atoms with E-state index in [1.54, 1.807) is 28.8 Å². The van der Waals surface area contributed by atoms with Crippen molar-refractivity contribution in [3.63, 3.8) is 0 Å². The van der Waals surface area contributed by atoms with Crippen molar-refractivity contribution >= 4 is 29.9 Å². The molecule has 3 nitrogen and oxygen atoms in total. The van der Waals surface area contributed by atoms with Crippen molar-refractivity contribution in [2.45, 2.75) is 13.0 Å². The number of carbonyl (C=O) groups is 1. The lowest BCUT2D eigenvalue weighted by Gasteiger charge is -2.14. The van der Waals surface area contributed by atoms with E-state index in [4.69, 9.17) is 0 Å². The van der Waals surface area contributed by atoms with Crippen LogP contribution >= 0.6 is 24.0 Å². The highest BCUT2D eigenvalue weighted by Crippen LogP contribution is 2.05. The molecule has 0 saturated carbocycles. The van der Waals surface area contributed by atoms with Crippen LogP contribution in [-0.4, -0.2) is 28.6 Å². The number of nitrogens with zero attached hydrogens (tertiary/aromatic N) is 2. The van der Waals surface area contributed by atoms with Gasteiger partial charge in [-0.15, -0.1) is 11.3 Å². The number of thiol groups is 1. The summed E-state index contributed by atoms with van der Waals surface area (Å²) in [7, 11) is 1.78. The second-order valence-electron chi connectivity index (χ2n) is 2.70. The van der Waals surface area contributed by atoms with Crippen molar-refractivity contribution in [2.75, 3.05) is 12.8 Å². The molecule has 0 unspecified atom stereocenters. The Kier molecular flexibility index (Phi) is 4.24. The van der Waals surface area contributed by atoms with E-state index in [-0.39, 0.29) is 5.91 Å². The molecule has 5 heteroatoms. The third-order valence-electron chi connectivity index (χ3n) is 1.63. The van der Waals surface area contributed by atoms with Crippen molar-refractivity contribution in [3.05, 3.63) is 16.6 Å². The van der Waals surface area contributed by atoms with Crippen molar-refractivity contribution in [1.82, 2.24) is 9.88 Å². The molecule has 1 rings (SSSR count). The first-order valence-corrected chi connectivity index (χ1v) is 5.53. The fraction of sp³-hybridized carbons (Fsp3) is 0.500. The monoisotopic (exact) mass is 216 g/mol. The second kappa shape index (κ2) is 5.24. The van der Waals surface area contributed by atoms with Crippen LogP contribution in [0.1, 0.15) is 12.1 Å². The molecular formula is C8H12N2OS2. The topological polar surface area (TPSA) is 33.2 Å². The Balaban J connectivity index is 2.41. The molecule has 0 fully saturated rings. The van der Waals surface area contributed by atoms with Crippen molar-refractivity contribution in [1.29, 1.82) is 0 Å². The number of hydrogen-bond acceptors (Lipinski definition) is 4. The average molecular weight is 216 g/mol. The van der Waals surface area contributed by atoms with Crippen LogP contribution in [0.15, 0.2) is 10.9 Å². The molecule has 0 aliphatic rings. The van der Waals surface area contributed by atoms with Gasteiger partial charge in [-0.1, -0.05) is 0 Å². The lowest BCUT2D eigenvalue weighted by atomic mass is 10.4. The van der Waals surface area contributed by atoms with Crippen LogP contribution in [0.5, 0.6) is 0 Å². The molecule has 0 bridgehead atoms. The molecule has 0 aliphatic heterocycles. The van der Waals surface area contributed by atoms with Gasteiger partial charge < -0.3 is 4.90 Å². The Morgan fingerprint density at radius 1 is 1.77 bits per heavy atom. The number of carbonyl (C=O) groups excluding carboxylic acids is 1. The van der Waals surface area contributed by atoms with E-state index < -0.39 is 0 Å². The van der Waals surface area contributed by atoms with E-state index in [0.717, 1.165) is 5.69 Å². The first-order chi connectivity index (χ1) is 6.24. The summed E-state index contributed by atoms with van der Waals surface area (Å²) in [5.74, 6) is 0.711. The molecule has 0 radical (unpaired) electrons. The van der Waals surface area contributed by atoms with E-state index in [1.165, 1.54) is 0 Å². The maximum atomic E-state index is 11.3. The zero-order valence-corrected chi connectivity index (χ0v) is 9.15. The van der Waals surface area contributed by atoms with Crippen molar-refractivity contribution in [2.24, 2.45) is 0 Å². The summed E-state index contributed by atoms with van der Waals surface area (Å²) in [4.78, 5) is 17.1. The Labute approximate surface area is 87.2 Å². The Morgan fingerprint density at radius 2 is 2.54 bits per heavy atom. The van der Waals surface area contributed by atoms with Gasteiger partial charge in [0.1, 0.15) is 0 Å². The summed E-state index contributed by atoms with van der Waals surface area (Å²) in [5, 5.41) is 1.95. The molecule has 0 aliphatic carbocycles. The van der Waals surface area contributed by atoms with E-state index in [2.05, 4.69) is 17.6 Å². The van der Waals surface area contributed by atoms with Gasteiger partial charge in [0, 0.05) is 18.8 Å². The second-order valence-corrected chi connectivity index (χ2v) is 3.87. The van der Waals surface area contributed by atoms with Gasteiger partial charge in [0.2, 0.25) is 5.91 Å². The van der Waals surface area contributed by atoms with Gasteiger partial charge in [-0.2, -0.15) is 12.6 Å². The summed E-state index contributed by atoms with van der Waals surface area (Å²) < 4.78 is 0. The first kappa shape index (κ1) is 10.5. The highest BCUT2D eigenvalue weighted by molar-refractivity contribution is 7.80. The summed E-state index contributed by atoms with van der Waals surface area (Å²) >= 11 is 5.55. The highest BCUT2D eigenvalue weighted by Gasteiger charge is 2.08. The van der Waals surface area contributed by atoms with Gasteiger partial charge >= 0.3 is 0 Å². The van der Waals surface area contributed by atoms with E-state index in [1.807, 2.05) is 5.38 Å². The fourth-order valence-corrected chi connectivity index (χ4v) is 1.67. The number of aromatic nitrogens is 1. The molecule has 1 amide bonds. The zero-order chi connectivity index (χ0) is 9.68. The number of thiazole rings is 1. The van der Waals surface area contributed by atoms with Gasteiger partial charge in [-0.3, -0.25) is 4.79 Å². The molecule has 0 aromatic carbocycles. The van der Waals surface area contributed by atoms with Gasteiger partial charge in [0.25, 0.3) is 0 Å². The predicted octanol–water partition coefficient (Wildman–Crippen LogP) is 1.42. The van der Waals surface area contributed by atoms with Crippen molar-refractivity contribution < 1.29 is 4.79 Å². The highest BCUT2D eigenvalue weighted by atomic mass is 32.1. The van der Waals surface area contributed by atoms with Crippen LogP contribution in [0.25, 0.3) is 0 Å². The predicted molar refractivity (Wildman–Crippen MR) is 57.1 cm³/mol. The maximum Gasteiger partial charge on any atom is 0.223 e. The smallest absolute Gasteiger partial charge is 0.223 e. The molecule has 0 saturated heterocycles. The third-order valence-corrected chi connectivity index (χ3v) is 2.49. The van der Waals surface area contributed by atoms with E-state index in [9.17, 15) is 4.79 Å². The summed E-state index contributed by atoms with van der Waals surface area (Å²) in [6, 6.07) is 0. The van der Waals surface area contributed by atoms with Crippen LogP contribution in [0.3, 0.4) is 0 Å². The Hall–Kier alpha value is -0.550. The third kappa shape index (κ3) is 3.36. The minimum absolute atomic E-state index is 0.114. The van der Waals surface area contributed by atoms with Crippen LogP contribution < -0.4 is 0 Å². The van der Waals surface area contributed by atoms with Gasteiger partial charge in [0.05, 0.1) is 17.7 Å². The van der Waals surface area contributed by atoms with Crippen LogP contribution in [0, 0.1) is 0 Å². The standard InChI is InChI=1S/C8H12N2OS2/c1-10(8(11)2-3-12)4-7-5-13-6-9-7/h5-6,12H,2-4H2,1H3. The number of hydrogen-bond donors (Lipinski definition) is 1. The zero-order valence-electron chi connectivity index (χ0n) is 7.43. The lowest BCUT2D eigenvalue weighted by Crippen LogP contribution is -2.26. The molecule has 1 heterocycles. The van der Waals surface area contributed by atoms with Crippen LogP contribution in [0.4, 0.5) is 0 Å². The number of rotatable bonds is 4. The molecule has 72 valence electrons. The van der Waals surface area contributed by atoms with Gasteiger partial charge in [-0.05, 0) is 5.75 Å². The largest absolute Gasteiger partial charge is 0.340 e. The Bertz CT molecular complexity index is 261. The van der Waals surface area contributed by atoms with Crippen LogP contribution in [0.2, 0.25) is 0 Å². The number of amides is 1. The molecule has 1 aromatic heterocycles.